The topological polar surface area (TPSA) is 114 Å². The molecule has 1 aliphatic rings. The summed E-state index contributed by atoms with van der Waals surface area (Å²) in [5.74, 6) is -0.702. The molecule has 0 bridgehead atoms. The van der Waals surface area contributed by atoms with Gasteiger partial charge in [-0.25, -0.2) is 9.48 Å². The van der Waals surface area contributed by atoms with E-state index in [0.29, 0.717) is 31.1 Å². The van der Waals surface area contributed by atoms with E-state index in [1.165, 1.54) is 0 Å². The van der Waals surface area contributed by atoms with Crippen molar-refractivity contribution in [2.24, 2.45) is 0 Å². The lowest BCUT2D eigenvalue weighted by Crippen LogP contribution is -2.55. The number of aryl methyl sites for hydroxylation is 2. The first-order valence-electron chi connectivity index (χ1n) is 6.89. The second kappa shape index (κ2) is 6.08. The van der Waals surface area contributed by atoms with Crippen LogP contribution in [0.5, 0.6) is 0 Å². The molecule has 9 heteroatoms. The number of nitro groups is 1. The van der Waals surface area contributed by atoms with Gasteiger partial charge in [0.1, 0.15) is 11.7 Å². The van der Waals surface area contributed by atoms with Gasteiger partial charge in [-0.1, -0.05) is 6.92 Å². The van der Waals surface area contributed by atoms with E-state index in [-0.39, 0.29) is 12.2 Å². The molecule has 1 atom stereocenters. The van der Waals surface area contributed by atoms with Gasteiger partial charge in [0.25, 0.3) is 0 Å². The van der Waals surface area contributed by atoms with Gasteiger partial charge in [0.2, 0.25) is 5.82 Å². The third-order valence-corrected chi connectivity index (χ3v) is 3.49. The Morgan fingerprint density at radius 1 is 1.62 bits per heavy atom. The minimum atomic E-state index is -1.00. The minimum absolute atomic E-state index is 0.100. The molecule has 0 aliphatic carbocycles. The van der Waals surface area contributed by atoms with Crippen LogP contribution in [0.25, 0.3) is 0 Å². The van der Waals surface area contributed by atoms with E-state index in [4.69, 9.17) is 0 Å². The van der Waals surface area contributed by atoms with Crippen LogP contribution in [0.3, 0.4) is 0 Å². The summed E-state index contributed by atoms with van der Waals surface area (Å²) in [7, 11) is 0. The number of carboxylic acids is 1. The summed E-state index contributed by atoms with van der Waals surface area (Å²) in [6.07, 6.45) is 0.759. The standard InChI is InChI=1S/C12H19N5O4/c1-3-5-16-11(10(17(20)21)8(2)14-16)15-6-4-13-7-9(15)12(18)19/h9,13H,3-7H2,1-2H3,(H,18,19). The average molecular weight is 297 g/mol. The first-order chi connectivity index (χ1) is 9.97. The lowest BCUT2D eigenvalue weighted by Gasteiger charge is -2.34. The molecule has 0 amide bonds. The highest BCUT2D eigenvalue weighted by molar-refractivity contribution is 5.80. The van der Waals surface area contributed by atoms with Crippen molar-refractivity contribution in [3.63, 3.8) is 0 Å². The molecule has 1 aliphatic heterocycles. The maximum Gasteiger partial charge on any atom is 0.333 e. The van der Waals surface area contributed by atoms with Gasteiger partial charge in [0.15, 0.2) is 0 Å². The molecule has 2 N–H and O–H groups in total. The smallest absolute Gasteiger partial charge is 0.333 e. The molecule has 1 saturated heterocycles. The van der Waals surface area contributed by atoms with Gasteiger partial charge in [0, 0.05) is 26.2 Å². The Labute approximate surface area is 121 Å². The summed E-state index contributed by atoms with van der Waals surface area (Å²) in [5.41, 5.74) is 0.211. The van der Waals surface area contributed by atoms with Crippen molar-refractivity contribution < 1.29 is 14.8 Å². The number of rotatable bonds is 5. The van der Waals surface area contributed by atoms with Gasteiger partial charge in [0.05, 0.1) is 4.92 Å². The van der Waals surface area contributed by atoms with Crippen molar-refractivity contribution in [1.82, 2.24) is 15.1 Å². The lowest BCUT2D eigenvalue weighted by molar-refractivity contribution is -0.384. The molecule has 1 unspecified atom stereocenters. The first kappa shape index (κ1) is 15.2. The van der Waals surface area contributed by atoms with Gasteiger partial charge in [-0.3, -0.25) is 10.1 Å². The number of carbonyl (C=O) groups is 1. The van der Waals surface area contributed by atoms with Crippen LogP contribution in [-0.2, 0) is 11.3 Å². The molecule has 1 aromatic rings. The normalized spacial score (nSPS) is 18.8. The van der Waals surface area contributed by atoms with E-state index >= 15 is 0 Å². The van der Waals surface area contributed by atoms with Crippen molar-refractivity contribution in [2.45, 2.75) is 32.9 Å². The van der Waals surface area contributed by atoms with Crippen molar-refractivity contribution in [1.29, 1.82) is 0 Å². The highest BCUT2D eigenvalue weighted by Crippen LogP contribution is 2.33. The summed E-state index contributed by atoms with van der Waals surface area (Å²) in [5, 5.41) is 27.9. The number of nitrogens with one attached hydrogen (secondary N) is 1. The number of aromatic nitrogens is 2. The van der Waals surface area contributed by atoms with Crippen LogP contribution >= 0.6 is 0 Å². The molecule has 0 saturated carbocycles. The Morgan fingerprint density at radius 2 is 2.33 bits per heavy atom. The van der Waals surface area contributed by atoms with Crippen molar-refractivity contribution in [3.05, 3.63) is 15.8 Å². The highest BCUT2D eigenvalue weighted by atomic mass is 16.6. The minimum Gasteiger partial charge on any atom is -0.480 e. The molecule has 0 radical (unpaired) electrons. The number of carboxylic acid groups (broad SMARTS) is 1. The molecule has 0 aromatic carbocycles. The van der Waals surface area contributed by atoms with Crippen molar-refractivity contribution >= 4 is 17.5 Å². The van der Waals surface area contributed by atoms with Crippen molar-refractivity contribution in [2.75, 3.05) is 24.5 Å². The number of hydrogen-bond acceptors (Lipinski definition) is 6. The molecule has 2 rings (SSSR count). The van der Waals surface area contributed by atoms with Gasteiger partial charge in [-0.15, -0.1) is 0 Å². The van der Waals surface area contributed by atoms with Crippen LogP contribution in [-0.4, -0.2) is 51.5 Å². The van der Waals surface area contributed by atoms with E-state index in [1.807, 2.05) is 6.92 Å². The Hall–Kier alpha value is -2.16. The Morgan fingerprint density at radius 3 is 2.90 bits per heavy atom. The molecule has 0 spiro atoms. The molecule has 1 fully saturated rings. The van der Waals surface area contributed by atoms with E-state index in [2.05, 4.69) is 10.4 Å². The largest absolute Gasteiger partial charge is 0.480 e. The zero-order chi connectivity index (χ0) is 15.6. The van der Waals surface area contributed by atoms with Crippen molar-refractivity contribution in [3.8, 4) is 0 Å². The zero-order valence-electron chi connectivity index (χ0n) is 12.1. The van der Waals surface area contributed by atoms with Gasteiger partial charge in [-0.2, -0.15) is 5.10 Å². The number of nitrogens with zero attached hydrogens (tertiary/aromatic N) is 4. The summed E-state index contributed by atoms with van der Waals surface area (Å²) >= 11 is 0. The number of anilines is 1. The van der Waals surface area contributed by atoms with Crippen LogP contribution in [0, 0.1) is 17.0 Å². The predicted octanol–water partition coefficient (Wildman–Crippen LogP) is 0.373. The summed E-state index contributed by atoms with van der Waals surface area (Å²) in [6.45, 7) is 5.26. The van der Waals surface area contributed by atoms with Crippen LogP contribution in [0.1, 0.15) is 19.0 Å². The molecule has 9 nitrogen and oxygen atoms in total. The third-order valence-electron chi connectivity index (χ3n) is 3.49. The van der Waals surface area contributed by atoms with E-state index in [0.717, 1.165) is 6.42 Å². The predicted molar refractivity (Wildman–Crippen MR) is 75.5 cm³/mol. The molecule has 116 valence electrons. The van der Waals surface area contributed by atoms with E-state index < -0.39 is 16.9 Å². The zero-order valence-corrected chi connectivity index (χ0v) is 12.1. The number of aliphatic carboxylic acids is 1. The summed E-state index contributed by atoms with van der Waals surface area (Å²) in [4.78, 5) is 23.9. The van der Waals surface area contributed by atoms with E-state index in [1.54, 1.807) is 16.5 Å². The molecule has 21 heavy (non-hydrogen) atoms. The molecule has 2 heterocycles. The molecule has 1 aromatic heterocycles. The SMILES string of the molecule is CCCn1nc(C)c([N+](=O)[O-])c1N1CCNCC1C(=O)O. The average Bonchev–Trinajstić information content (AvgIpc) is 2.75. The fourth-order valence-corrected chi connectivity index (χ4v) is 2.60. The van der Waals surface area contributed by atoms with Crippen LogP contribution < -0.4 is 10.2 Å². The molecular formula is C12H19N5O4. The maximum atomic E-state index is 11.4. The second-order valence-electron chi connectivity index (χ2n) is 4.99. The highest BCUT2D eigenvalue weighted by Gasteiger charge is 2.37. The fraction of sp³-hybridized carbons (Fsp3) is 0.667. The Balaban J connectivity index is 2.53. The fourth-order valence-electron chi connectivity index (χ4n) is 2.60. The monoisotopic (exact) mass is 297 g/mol. The Kier molecular flexibility index (Phi) is 4.41. The Bertz CT molecular complexity index is 556. The quantitative estimate of drug-likeness (QED) is 0.596. The number of piperazine rings is 1. The van der Waals surface area contributed by atoms with Crippen LogP contribution in [0.2, 0.25) is 0 Å². The first-order valence-corrected chi connectivity index (χ1v) is 6.89. The van der Waals surface area contributed by atoms with Crippen LogP contribution in [0.15, 0.2) is 0 Å². The summed E-state index contributed by atoms with van der Waals surface area (Å²) < 4.78 is 1.55. The third kappa shape index (κ3) is 2.82. The van der Waals surface area contributed by atoms with Gasteiger partial charge >= 0.3 is 11.7 Å². The van der Waals surface area contributed by atoms with Crippen LogP contribution in [0.4, 0.5) is 11.5 Å². The maximum absolute atomic E-state index is 11.4. The second-order valence-corrected chi connectivity index (χ2v) is 4.99. The lowest BCUT2D eigenvalue weighted by atomic mass is 10.2. The number of hydrogen-bond donors (Lipinski definition) is 2. The van der Waals surface area contributed by atoms with E-state index in [9.17, 15) is 20.0 Å². The van der Waals surface area contributed by atoms with Gasteiger partial charge < -0.3 is 15.3 Å². The summed E-state index contributed by atoms with van der Waals surface area (Å²) in [6, 6.07) is -0.829. The van der Waals surface area contributed by atoms with Gasteiger partial charge in [-0.05, 0) is 13.3 Å². The molecular weight excluding hydrogens is 278 g/mol.